The van der Waals surface area contributed by atoms with E-state index in [2.05, 4.69) is 16.4 Å². The van der Waals surface area contributed by atoms with Crippen molar-refractivity contribution in [2.45, 2.75) is 19.9 Å². The van der Waals surface area contributed by atoms with Gasteiger partial charge in [0, 0.05) is 11.1 Å². The molecule has 1 aromatic heterocycles. The van der Waals surface area contributed by atoms with Crippen LogP contribution in [0.3, 0.4) is 0 Å². The molecule has 24 heavy (non-hydrogen) atoms. The molecule has 4 heteroatoms. The first-order valence-electron chi connectivity index (χ1n) is 7.76. The summed E-state index contributed by atoms with van der Waals surface area (Å²) < 4.78 is 0. The highest BCUT2D eigenvalue weighted by Gasteiger charge is 2.15. The summed E-state index contributed by atoms with van der Waals surface area (Å²) in [5, 5.41) is 12.7. The first kappa shape index (κ1) is 15.7. The summed E-state index contributed by atoms with van der Waals surface area (Å²) in [5.41, 5.74) is 3.81. The van der Waals surface area contributed by atoms with E-state index < -0.39 is 0 Å². The third-order valence-corrected chi connectivity index (χ3v) is 3.98. The summed E-state index contributed by atoms with van der Waals surface area (Å²) in [4.78, 5) is 17.2. The summed E-state index contributed by atoms with van der Waals surface area (Å²) in [6.45, 7) is 3.81. The van der Waals surface area contributed by atoms with E-state index in [-0.39, 0.29) is 11.9 Å². The molecule has 0 aliphatic rings. The number of carbonyl (C=O) groups is 1. The number of hydrogen-bond donors (Lipinski definition) is 1. The zero-order chi connectivity index (χ0) is 17.1. The number of aromatic nitrogens is 1. The molecule has 2 aromatic carbocycles. The Bertz CT molecular complexity index is 939. The standard InChI is InChI=1S/C20H17N3O/c1-13-11-18(17-5-3-4-6-19(17)22-13)20(24)23-14(2)16-9-7-15(12-21)8-10-16/h3-11,14H,1-2H3,(H,23,24). The summed E-state index contributed by atoms with van der Waals surface area (Å²) in [6, 6.07) is 18.6. The van der Waals surface area contributed by atoms with Gasteiger partial charge in [0.1, 0.15) is 0 Å². The third kappa shape index (κ3) is 3.11. The van der Waals surface area contributed by atoms with E-state index in [1.165, 1.54) is 0 Å². The summed E-state index contributed by atoms with van der Waals surface area (Å²) in [5.74, 6) is -0.131. The Morgan fingerprint density at radius 2 is 1.88 bits per heavy atom. The first-order chi connectivity index (χ1) is 11.6. The van der Waals surface area contributed by atoms with Gasteiger partial charge in [0.05, 0.1) is 28.8 Å². The van der Waals surface area contributed by atoms with Crippen molar-refractivity contribution in [2.75, 3.05) is 0 Å². The second-order valence-electron chi connectivity index (χ2n) is 5.76. The number of para-hydroxylation sites is 1. The van der Waals surface area contributed by atoms with Gasteiger partial charge in [-0.3, -0.25) is 9.78 Å². The van der Waals surface area contributed by atoms with Crippen LogP contribution in [0.25, 0.3) is 10.9 Å². The van der Waals surface area contributed by atoms with Crippen molar-refractivity contribution >= 4 is 16.8 Å². The summed E-state index contributed by atoms with van der Waals surface area (Å²) in [7, 11) is 0. The fraction of sp³-hybridized carbons (Fsp3) is 0.150. The van der Waals surface area contributed by atoms with Crippen molar-refractivity contribution in [1.29, 1.82) is 5.26 Å². The molecule has 0 radical (unpaired) electrons. The van der Waals surface area contributed by atoms with Crippen molar-refractivity contribution in [3.05, 3.63) is 77.0 Å². The van der Waals surface area contributed by atoms with Crippen LogP contribution >= 0.6 is 0 Å². The van der Waals surface area contributed by atoms with Crippen LogP contribution in [0, 0.1) is 18.3 Å². The van der Waals surface area contributed by atoms with Crippen LogP contribution in [0.2, 0.25) is 0 Å². The second kappa shape index (κ2) is 6.51. The zero-order valence-electron chi connectivity index (χ0n) is 13.6. The lowest BCUT2D eigenvalue weighted by molar-refractivity contribution is 0.0941. The predicted molar refractivity (Wildman–Crippen MR) is 93.5 cm³/mol. The molecular formula is C20H17N3O. The molecule has 0 saturated carbocycles. The minimum atomic E-state index is -0.155. The van der Waals surface area contributed by atoms with E-state index in [9.17, 15) is 4.79 Å². The molecular weight excluding hydrogens is 298 g/mol. The van der Waals surface area contributed by atoms with E-state index in [1.54, 1.807) is 12.1 Å². The molecule has 1 amide bonds. The molecule has 118 valence electrons. The van der Waals surface area contributed by atoms with Crippen LogP contribution in [-0.2, 0) is 0 Å². The van der Waals surface area contributed by atoms with Gasteiger partial charge in [0.25, 0.3) is 5.91 Å². The molecule has 1 heterocycles. The maximum Gasteiger partial charge on any atom is 0.252 e. The van der Waals surface area contributed by atoms with Crippen molar-refractivity contribution in [1.82, 2.24) is 10.3 Å². The monoisotopic (exact) mass is 315 g/mol. The lowest BCUT2D eigenvalue weighted by atomic mass is 10.0. The third-order valence-electron chi connectivity index (χ3n) is 3.98. The molecule has 0 aliphatic carbocycles. The number of fused-ring (bicyclic) bond motifs is 1. The normalized spacial score (nSPS) is 11.7. The molecule has 0 aliphatic heterocycles. The van der Waals surface area contributed by atoms with Gasteiger partial charge in [-0.1, -0.05) is 30.3 Å². The average Bonchev–Trinajstić information content (AvgIpc) is 2.60. The Hall–Kier alpha value is -3.19. The highest BCUT2D eigenvalue weighted by Crippen LogP contribution is 2.20. The maximum atomic E-state index is 12.7. The van der Waals surface area contributed by atoms with E-state index in [0.29, 0.717) is 11.1 Å². The largest absolute Gasteiger partial charge is 0.345 e. The lowest BCUT2D eigenvalue weighted by Crippen LogP contribution is -2.27. The topological polar surface area (TPSA) is 65.8 Å². The quantitative estimate of drug-likeness (QED) is 0.797. The van der Waals surface area contributed by atoms with Gasteiger partial charge in [0.2, 0.25) is 0 Å². The Morgan fingerprint density at radius 1 is 1.17 bits per heavy atom. The van der Waals surface area contributed by atoms with Gasteiger partial charge in [-0.2, -0.15) is 5.26 Å². The molecule has 0 saturated heterocycles. The number of carbonyl (C=O) groups excluding carboxylic acids is 1. The van der Waals surface area contributed by atoms with Crippen LogP contribution in [0.5, 0.6) is 0 Å². The molecule has 1 unspecified atom stereocenters. The van der Waals surface area contributed by atoms with Crippen molar-refractivity contribution in [3.63, 3.8) is 0 Å². The number of hydrogen-bond acceptors (Lipinski definition) is 3. The molecule has 4 nitrogen and oxygen atoms in total. The lowest BCUT2D eigenvalue weighted by Gasteiger charge is -2.15. The van der Waals surface area contributed by atoms with Gasteiger partial charge in [0.15, 0.2) is 0 Å². The second-order valence-corrected chi connectivity index (χ2v) is 5.76. The van der Waals surface area contributed by atoms with Crippen LogP contribution in [-0.4, -0.2) is 10.9 Å². The van der Waals surface area contributed by atoms with E-state index in [1.807, 2.05) is 56.3 Å². The van der Waals surface area contributed by atoms with Gasteiger partial charge >= 0.3 is 0 Å². The highest BCUT2D eigenvalue weighted by atomic mass is 16.1. The van der Waals surface area contributed by atoms with Crippen LogP contribution in [0.1, 0.15) is 40.1 Å². The molecule has 0 bridgehead atoms. The number of aryl methyl sites for hydroxylation is 1. The molecule has 3 rings (SSSR count). The van der Waals surface area contributed by atoms with E-state index in [0.717, 1.165) is 22.2 Å². The number of pyridine rings is 1. The van der Waals surface area contributed by atoms with Crippen molar-refractivity contribution < 1.29 is 4.79 Å². The Labute approximate surface area is 140 Å². The van der Waals surface area contributed by atoms with Crippen molar-refractivity contribution in [3.8, 4) is 6.07 Å². The number of nitrogens with zero attached hydrogens (tertiary/aromatic N) is 2. The van der Waals surface area contributed by atoms with Gasteiger partial charge in [-0.25, -0.2) is 0 Å². The van der Waals surface area contributed by atoms with E-state index >= 15 is 0 Å². The van der Waals surface area contributed by atoms with Crippen LogP contribution in [0.15, 0.2) is 54.6 Å². The minimum Gasteiger partial charge on any atom is -0.345 e. The maximum absolute atomic E-state index is 12.7. The Morgan fingerprint density at radius 3 is 2.58 bits per heavy atom. The fourth-order valence-corrected chi connectivity index (χ4v) is 2.70. The number of amides is 1. The number of nitrogens with one attached hydrogen (secondary N) is 1. The van der Waals surface area contributed by atoms with Gasteiger partial charge in [-0.05, 0) is 43.7 Å². The molecule has 1 N–H and O–H groups in total. The zero-order valence-corrected chi connectivity index (χ0v) is 13.6. The minimum absolute atomic E-state index is 0.131. The van der Waals surface area contributed by atoms with Crippen LogP contribution in [0.4, 0.5) is 0 Å². The smallest absolute Gasteiger partial charge is 0.252 e. The number of nitriles is 1. The fourth-order valence-electron chi connectivity index (χ4n) is 2.70. The summed E-state index contributed by atoms with van der Waals surface area (Å²) >= 11 is 0. The Kier molecular flexibility index (Phi) is 4.26. The van der Waals surface area contributed by atoms with Gasteiger partial charge in [-0.15, -0.1) is 0 Å². The SMILES string of the molecule is Cc1cc(C(=O)NC(C)c2ccc(C#N)cc2)c2ccccc2n1. The molecule has 1 atom stereocenters. The number of benzene rings is 2. The van der Waals surface area contributed by atoms with Crippen molar-refractivity contribution in [2.24, 2.45) is 0 Å². The highest BCUT2D eigenvalue weighted by molar-refractivity contribution is 6.06. The predicted octanol–water partition coefficient (Wildman–Crippen LogP) is 3.91. The first-order valence-corrected chi connectivity index (χ1v) is 7.76. The van der Waals surface area contributed by atoms with E-state index in [4.69, 9.17) is 5.26 Å². The summed E-state index contributed by atoms with van der Waals surface area (Å²) in [6.07, 6.45) is 0. The van der Waals surface area contributed by atoms with Gasteiger partial charge < -0.3 is 5.32 Å². The molecule has 3 aromatic rings. The molecule has 0 spiro atoms. The van der Waals surface area contributed by atoms with Crippen LogP contribution < -0.4 is 5.32 Å². The Balaban J connectivity index is 1.88. The average molecular weight is 315 g/mol. The number of rotatable bonds is 3. The molecule has 0 fully saturated rings.